The Hall–Kier alpha value is -3.92. The fourth-order valence-electron chi connectivity index (χ4n) is 3.92. The van der Waals surface area contributed by atoms with E-state index in [4.69, 9.17) is 5.10 Å². The summed E-state index contributed by atoms with van der Waals surface area (Å²) in [7, 11) is 0. The molecule has 0 amide bonds. The second kappa shape index (κ2) is 5.79. The summed E-state index contributed by atoms with van der Waals surface area (Å²) in [5.74, 6) is 0. The highest BCUT2D eigenvalue weighted by Gasteiger charge is 2.13. The molecule has 4 nitrogen and oxygen atoms in total. The van der Waals surface area contributed by atoms with E-state index in [0.717, 1.165) is 22.4 Å². The van der Waals surface area contributed by atoms with Crippen LogP contribution in [0.5, 0.6) is 0 Å². The monoisotopic (exact) mass is 360 g/mol. The number of rotatable bonds is 2. The molecule has 4 heteroatoms. The van der Waals surface area contributed by atoms with Gasteiger partial charge in [0.05, 0.1) is 16.7 Å². The average Bonchev–Trinajstić information content (AvgIpc) is 3.33. The Morgan fingerprint density at radius 3 is 1.82 bits per heavy atom. The molecule has 2 aromatic heterocycles. The van der Waals surface area contributed by atoms with Crippen LogP contribution in [0.25, 0.3) is 44.2 Å². The van der Waals surface area contributed by atoms with Crippen LogP contribution < -0.4 is 0 Å². The Morgan fingerprint density at radius 1 is 0.500 bits per heavy atom. The fourth-order valence-corrected chi connectivity index (χ4v) is 3.92. The Kier molecular flexibility index (Phi) is 3.14. The van der Waals surface area contributed by atoms with Gasteiger partial charge in [0.25, 0.3) is 0 Å². The van der Waals surface area contributed by atoms with Crippen molar-refractivity contribution in [2.24, 2.45) is 0 Å². The van der Waals surface area contributed by atoms with Crippen molar-refractivity contribution >= 4 is 32.8 Å². The molecule has 0 N–H and O–H groups in total. The second-order valence-corrected chi connectivity index (χ2v) is 6.87. The summed E-state index contributed by atoms with van der Waals surface area (Å²) in [5.41, 5.74) is 6.19. The quantitative estimate of drug-likeness (QED) is 0.408. The van der Waals surface area contributed by atoms with Crippen molar-refractivity contribution in [2.75, 3.05) is 0 Å². The lowest BCUT2D eigenvalue weighted by atomic mass is 10.2. The molecule has 0 unspecified atom stereocenters. The average molecular weight is 360 g/mol. The molecule has 0 bridgehead atoms. The van der Waals surface area contributed by atoms with Crippen molar-refractivity contribution in [2.45, 2.75) is 0 Å². The van der Waals surface area contributed by atoms with E-state index in [0.29, 0.717) is 0 Å². The van der Waals surface area contributed by atoms with Crippen molar-refractivity contribution in [3.8, 4) is 11.4 Å². The first-order valence-corrected chi connectivity index (χ1v) is 9.30. The maximum absolute atomic E-state index is 4.71. The molecule has 0 aliphatic rings. The molecule has 0 radical (unpaired) electrons. The van der Waals surface area contributed by atoms with Crippen LogP contribution in [0.3, 0.4) is 0 Å². The number of para-hydroxylation sites is 3. The predicted octanol–water partition coefficient (Wildman–Crippen LogP) is 5.52. The Bertz CT molecular complexity index is 1400. The summed E-state index contributed by atoms with van der Waals surface area (Å²) in [4.78, 5) is 1.69. The van der Waals surface area contributed by atoms with Crippen molar-refractivity contribution in [1.82, 2.24) is 19.6 Å². The highest BCUT2D eigenvalue weighted by Crippen LogP contribution is 2.32. The van der Waals surface area contributed by atoms with Gasteiger partial charge in [0.15, 0.2) is 0 Å². The third kappa shape index (κ3) is 2.18. The number of fused-ring (bicyclic) bond motifs is 4. The number of aromatic nitrogens is 4. The van der Waals surface area contributed by atoms with Crippen LogP contribution in [0.1, 0.15) is 0 Å². The zero-order chi connectivity index (χ0) is 18.5. The van der Waals surface area contributed by atoms with Crippen molar-refractivity contribution < 1.29 is 0 Å². The summed E-state index contributed by atoms with van der Waals surface area (Å²) < 4.78 is 2.30. The van der Waals surface area contributed by atoms with Crippen molar-refractivity contribution in [1.29, 1.82) is 0 Å². The van der Waals surface area contributed by atoms with E-state index in [1.807, 2.05) is 36.4 Å². The van der Waals surface area contributed by atoms with Gasteiger partial charge in [0, 0.05) is 16.5 Å². The molecule has 0 atom stereocenters. The highest BCUT2D eigenvalue weighted by atomic mass is 15.5. The third-order valence-corrected chi connectivity index (χ3v) is 5.19. The maximum atomic E-state index is 4.71. The van der Waals surface area contributed by atoms with Gasteiger partial charge in [-0.1, -0.05) is 54.6 Å². The van der Waals surface area contributed by atoms with Gasteiger partial charge in [-0.15, -0.1) is 10.2 Å². The largest absolute Gasteiger partial charge is 0.309 e. The lowest BCUT2D eigenvalue weighted by Gasteiger charge is -2.07. The molecular weight excluding hydrogens is 344 g/mol. The summed E-state index contributed by atoms with van der Waals surface area (Å²) in [6, 6.07) is 33.3. The number of benzene rings is 4. The van der Waals surface area contributed by atoms with E-state index in [1.165, 1.54) is 21.8 Å². The lowest BCUT2D eigenvalue weighted by Crippen LogP contribution is -1.97. The smallest absolute Gasteiger partial charge is 0.115 e. The van der Waals surface area contributed by atoms with Gasteiger partial charge < -0.3 is 4.57 Å². The summed E-state index contributed by atoms with van der Waals surface area (Å²) in [6.07, 6.45) is 0. The van der Waals surface area contributed by atoms with E-state index in [-0.39, 0.29) is 0 Å². The van der Waals surface area contributed by atoms with Gasteiger partial charge in [-0.3, -0.25) is 0 Å². The van der Waals surface area contributed by atoms with E-state index in [9.17, 15) is 0 Å². The Labute approximate surface area is 161 Å². The predicted molar refractivity (Wildman–Crippen MR) is 113 cm³/mol. The molecule has 6 aromatic rings. The normalized spacial score (nSPS) is 11.6. The zero-order valence-electron chi connectivity index (χ0n) is 15.0. The van der Waals surface area contributed by atoms with Crippen LogP contribution in [0.4, 0.5) is 0 Å². The molecule has 0 fully saturated rings. The molecule has 0 aliphatic carbocycles. The lowest BCUT2D eigenvalue weighted by molar-refractivity contribution is 0.766. The topological polar surface area (TPSA) is 35.6 Å². The minimum absolute atomic E-state index is 0.878. The number of hydrogen-bond donors (Lipinski definition) is 0. The van der Waals surface area contributed by atoms with E-state index in [1.54, 1.807) is 4.80 Å². The number of hydrogen-bond acceptors (Lipinski definition) is 2. The van der Waals surface area contributed by atoms with Crippen LogP contribution in [-0.2, 0) is 0 Å². The summed E-state index contributed by atoms with van der Waals surface area (Å²) >= 11 is 0. The Morgan fingerprint density at radius 2 is 1.11 bits per heavy atom. The molecule has 2 heterocycles. The second-order valence-electron chi connectivity index (χ2n) is 6.87. The molecule has 0 saturated carbocycles. The SMILES string of the molecule is c1ccc(-n2nc3ccc(-n4c5ccccc5c5ccccc54)cc3n2)cc1. The minimum Gasteiger partial charge on any atom is -0.309 e. The molecule has 4 aromatic carbocycles. The van der Waals surface area contributed by atoms with Crippen LogP contribution in [0, 0.1) is 0 Å². The van der Waals surface area contributed by atoms with Gasteiger partial charge >= 0.3 is 0 Å². The molecular formula is C24H16N4. The van der Waals surface area contributed by atoms with E-state index in [2.05, 4.69) is 70.3 Å². The third-order valence-electron chi connectivity index (χ3n) is 5.19. The van der Waals surface area contributed by atoms with Gasteiger partial charge in [-0.05, 0) is 42.5 Å². The minimum atomic E-state index is 0.878. The highest BCUT2D eigenvalue weighted by molar-refractivity contribution is 6.09. The standard InChI is InChI=1S/C24H16N4/c1-2-8-17(9-3-1)28-25-21-15-14-18(16-22(21)26-28)27-23-12-6-4-10-19(23)20-11-5-7-13-24(20)27/h1-16H. The van der Waals surface area contributed by atoms with Crippen LogP contribution in [0.2, 0.25) is 0 Å². The van der Waals surface area contributed by atoms with Crippen LogP contribution in [0.15, 0.2) is 97.1 Å². The molecule has 0 spiro atoms. The molecule has 0 aliphatic heterocycles. The zero-order valence-corrected chi connectivity index (χ0v) is 15.0. The molecule has 0 saturated heterocycles. The Balaban J connectivity index is 1.61. The first-order chi connectivity index (χ1) is 13.9. The van der Waals surface area contributed by atoms with Crippen molar-refractivity contribution in [3.63, 3.8) is 0 Å². The molecule has 6 rings (SSSR count). The first-order valence-electron chi connectivity index (χ1n) is 9.30. The van der Waals surface area contributed by atoms with Crippen LogP contribution >= 0.6 is 0 Å². The van der Waals surface area contributed by atoms with Gasteiger partial charge in [-0.2, -0.15) is 4.80 Å². The van der Waals surface area contributed by atoms with Gasteiger partial charge in [0.2, 0.25) is 0 Å². The maximum Gasteiger partial charge on any atom is 0.115 e. The van der Waals surface area contributed by atoms with E-state index >= 15 is 0 Å². The number of nitrogens with zero attached hydrogens (tertiary/aromatic N) is 4. The van der Waals surface area contributed by atoms with Crippen LogP contribution in [-0.4, -0.2) is 19.6 Å². The van der Waals surface area contributed by atoms with Crippen molar-refractivity contribution in [3.05, 3.63) is 97.1 Å². The molecule has 132 valence electrons. The summed E-state index contributed by atoms with van der Waals surface area (Å²) in [6.45, 7) is 0. The summed E-state index contributed by atoms with van der Waals surface area (Å²) in [5, 5.41) is 11.8. The fraction of sp³-hybridized carbons (Fsp3) is 0. The molecule has 28 heavy (non-hydrogen) atoms. The van der Waals surface area contributed by atoms with Gasteiger partial charge in [0.1, 0.15) is 11.0 Å². The first kappa shape index (κ1) is 15.2. The van der Waals surface area contributed by atoms with E-state index < -0.39 is 0 Å². The van der Waals surface area contributed by atoms with Gasteiger partial charge in [-0.25, -0.2) is 0 Å².